The summed E-state index contributed by atoms with van der Waals surface area (Å²) in [6, 6.07) is 0. The molecule has 5 heteroatoms. The number of aliphatic hydroxyl groups is 1. The van der Waals surface area contributed by atoms with Crippen molar-refractivity contribution in [3.05, 3.63) is 11.7 Å². The smallest absolute Gasteiger partial charge is 0.232 e. The van der Waals surface area contributed by atoms with Crippen molar-refractivity contribution in [3.63, 3.8) is 0 Å². The first-order chi connectivity index (χ1) is 8.69. The third kappa shape index (κ3) is 1.95. The van der Waals surface area contributed by atoms with Gasteiger partial charge >= 0.3 is 0 Å². The lowest BCUT2D eigenvalue weighted by Gasteiger charge is -2.14. The number of aromatic nitrogens is 2. The minimum absolute atomic E-state index is 0.101. The fourth-order valence-corrected chi connectivity index (χ4v) is 3.01. The zero-order valence-electron chi connectivity index (χ0n) is 10.9. The molecule has 5 atom stereocenters. The summed E-state index contributed by atoms with van der Waals surface area (Å²) in [4.78, 5) is 4.46. The Morgan fingerprint density at radius 1 is 1.44 bits per heavy atom. The second-order valence-corrected chi connectivity index (χ2v) is 5.47. The van der Waals surface area contributed by atoms with Crippen LogP contribution in [0.5, 0.6) is 0 Å². The predicted molar refractivity (Wildman–Crippen MR) is 64.3 cm³/mol. The number of nitrogens with zero attached hydrogens (tertiary/aromatic N) is 2. The first-order valence-electron chi connectivity index (χ1n) is 6.86. The molecule has 0 aliphatic carbocycles. The highest BCUT2D eigenvalue weighted by atomic mass is 16.5. The molecule has 2 aliphatic heterocycles. The molecule has 3 rings (SSSR count). The van der Waals surface area contributed by atoms with E-state index >= 15 is 0 Å². The van der Waals surface area contributed by atoms with Gasteiger partial charge in [0.25, 0.3) is 0 Å². The van der Waals surface area contributed by atoms with Crippen molar-refractivity contribution in [2.24, 2.45) is 0 Å². The van der Waals surface area contributed by atoms with E-state index in [4.69, 9.17) is 9.26 Å². The fourth-order valence-electron chi connectivity index (χ4n) is 3.01. The van der Waals surface area contributed by atoms with Gasteiger partial charge in [0.05, 0.1) is 30.1 Å². The molecule has 0 spiro atoms. The zero-order valence-corrected chi connectivity index (χ0v) is 10.9. The van der Waals surface area contributed by atoms with Crippen LogP contribution < -0.4 is 0 Å². The van der Waals surface area contributed by atoms with Crippen LogP contribution >= 0.6 is 0 Å². The Labute approximate surface area is 107 Å². The van der Waals surface area contributed by atoms with Gasteiger partial charge in [-0.25, -0.2) is 0 Å². The number of ether oxygens (including phenoxy) is 1. The maximum absolute atomic E-state index is 9.81. The molecule has 1 N–H and O–H groups in total. The van der Waals surface area contributed by atoms with Crippen LogP contribution in [0, 0.1) is 0 Å². The second-order valence-electron chi connectivity index (χ2n) is 5.47. The van der Waals surface area contributed by atoms with Gasteiger partial charge in [0.15, 0.2) is 5.82 Å². The van der Waals surface area contributed by atoms with Crippen LogP contribution in [0.1, 0.15) is 63.1 Å². The Hall–Kier alpha value is -0.940. The lowest BCUT2D eigenvalue weighted by molar-refractivity contribution is 0.0996. The summed E-state index contributed by atoms with van der Waals surface area (Å²) in [5, 5.41) is 13.9. The normalized spacial score (nSPS) is 33.8. The largest absolute Gasteiger partial charge is 0.392 e. The molecule has 1 aromatic rings. The molecule has 2 fully saturated rings. The van der Waals surface area contributed by atoms with Crippen LogP contribution in [-0.4, -0.2) is 33.6 Å². The van der Waals surface area contributed by atoms with Crippen LogP contribution in [-0.2, 0) is 4.74 Å². The van der Waals surface area contributed by atoms with Gasteiger partial charge in [-0.2, -0.15) is 4.98 Å². The van der Waals surface area contributed by atoms with Crippen LogP contribution in [0.25, 0.3) is 0 Å². The second kappa shape index (κ2) is 4.63. The van der Waals surface area contributed by atoms with Gasteiger partial charge in [0, 0.05) is 0 Å². The maximum Gasteiger partial charge on any atom is 0.232 e. The van der Waals surface area contributed by atoms with Gasteiger partial charge in [0.2, 0.25) is 5.89 Å². The third-order valence-corrected chi connectivity index (χ3v) is 4.28. The SMILES string of the molecule is CCC(O)C(C)c1nc(C2CC3CCC2O3)no1. The molecule has 0 amide bonds. The standard InChI is InChI=1S/C13H20N2O3/c1-3-10(16)7(2)13-14-12(15-18-13)9-6-8-4-5-11(9)17-8/h7-11,16H,3-6H2,1-2H3. The molecule has 3 heterocycles. The summed E-state index contributed by atoms with van der Waals surface area (Å²) in [5.74, 6) is 1.48. The highest BCUT2D eigenvalue weighted by molar-refractivity contribution is 5.08. The van der Waals surface area contributed by atoms with Crippen molar-refractivity contribution in [2.45, 2.75) is 69.7 Å². The average molecular weight is 252 g/mol. The number of fused-ring (bicyclic) bond motifs is 2. The van der Waals surface area contributed by atoms with E-state index in [0.29, 0.717) is 18.4 Å². The molecule has 0 saturated carbocycles. The van der Waals surface area contributed by atoms with Crippen molar-refractivity contribution in [2.75, 3.05) is 0 Å². The minimum atomic E-state index is -0.422. The molecule has 18 heavy (non-hydrogen) atoms. The highest BCUT2D eigenvalue weighted by Gasteiger charge is 2.43. The van der Waals surface area contributed by atoms with E-state index in [1.165, 1.54) is 0 Å². The molecule has 5 unspecified atom stereocenters. The van der Waals surface area contributed by atoms with Gasteiger partial charge in [-0.05, 0) is 25.7 Å². The number of aliphatic hydroxyl groups excluding tert-OH is 1. The Morgan fingerprint density at radius 3 is 2.89 bits per heavy atom. The van der Waals surface area contributed by atoms with Crippen molar-refractivity contribution in [1.29, 1.82) is 0 Å². The Balaban J connectivity index is 1.74. The number of hydrogen-bond acceptors (Lipinski definition) is 5. The van der Waals surface area contributed by atoms with E-state index < -0.39 is 6.10 Å². The highest BCUT2D eigenvalue weighted by Crippen LogP contribution is 2.43. The van der Waals surface area contributed by atoms with E-state index in [1.54, 1.807) is 0 Å². The number of hydrogen-bond donors (Lipinski definition) is 1. The predicted octanol–water partition coefficient (Wildman–Crippen LogP) is 1.98. The fraction of sp³-hybridized carbons (Fsp3) is 0.846. The van der Waals surface area contributed by atoms with E-state index in [9.17, 15) is 5.11 Å². The van der Waals surface area contributed by atoms with E-state index in [0.717, 1.165) is 25.1 Å². The topological polar surface area (TPSA) is 68.4 Å². The van der Waals surface area contributed by atoms with E-state index in [2.05, 4.69) is 10.1 Å². The zero-order chi connectivity index (χ0) is 12.7. The summed E-state index contributed by atoms with van der Waals surface area (Å²) >= 11 is 0. The Kier molecular flexibility index (Phi) is 3.11. The Bertz CT molecular complexity index is 420. The minimum Gasteiger partial charge on any atom is -0.392 e. The first-order valence-corrected chi connectivity index (χ1v) is 6.86. The molecule has 2 bridgehead atoms. The average Bonchev–Trinajstić information content (AvgIpc) is 3.10. The molecule has 2 aliphatic rings. The first kappa shape index (κ1) is 12.1. The maximum atomic E-state index is 9.81. The van der Waals surface area contributed by atoms with Gasteiger partial charge in [-0.1, -0.05) is 19.0 Å². The van der Waals surface area contributed by atoms with Gasteiger partial charge in [0.1, 0.15) is 0 Å². The molecule has 1 aromatic heterocycles. The van der Waals surface area contributed by atoms with Crippen molar-refractivity contribution < 1.29 is 14.4 Å². The molecule has 5 nitrogen and oxygen atoms in total. The van der Waals surface area contributed by atoms with Crippen molar-refractivity contribution in [3.8, 4) is 0 Å². The molecule has 2 saturated heterocycles. The summed E-state index contributed by atoms with van der Waals surface area (Å²) < 4.78 is 11.1. The summed E-state index contributed by atoms with van der Waals surface area (Å²) in [6.45, 7) is 3.87. The summed E-state index contributed by atoms with van der Waals surface area (Å²) in [6.07, 6.45) is 4.20. The van der Waals surface area contributed by atoms with Gasteiger partial charge in [-0.3, -0.25) is 0 Å². The quantitative estimate of drug-likeness (QED) is 0.887. The van der Waals surface area contributed by atoms with E-state index in [-0.39, 0.29) is 17.9 Å². The summed E-state index contributed by atoms with van der Waals surface area (Å²) in [5.41, 5.74) is 0. The molecule has 100 valence electrons. The number of rotatable bonds is 4. The van der Waals surface area contributed by atoms with Crippen LogP contribution in [0.4, 0.5) is 0 Å². The molecular weight excluding hydrogens is 232 g/mol. The van der Waals surface area contributed by atoms with Crippen molar-refractivity contribution >= 4 is 0 Å². The summed E-state index contributed by atoms with van der Waals surface area (Å²) in [7, 11) is 0. The lowest BCUT2D eigenvalue weighted by atomic mass is 9.89. The Morgan fingerprint density at radius 2 is 2.28 bits per heavy atom. The van der Waals surface area contributed by atoms with Crippen LogP contribution in [0.15, 0.2) is 4.52 Å². The lowest BCUT2D eigenvalue weighted by Crippen LogP contribution is -2.17. The monoisotopic (exact) mass is 252 g/mol. The van der Waals surface area contributed by atoms with Gasteiger partial charge in [-0.15, -0.1) is 0 Å². The third-order valence-electron chi connectivity index (χ3n) is 4.28. The van der Waals surface area contributed by atoms with Crippen LogP contribution in [0.2, 0.25) is 0 Å². The van der Waals surface area contributed by atoms with Crippen molar-refractivity contribution in [1.82, 2.24) is 10.1 Å². The molecule has 0 radical (unpaired) electrons. The van der Waals surface area contributed by atoms with Crippen LogP contribution in [0.3, 0.4) is 0 Å². The molecular formula is C13H20N2O3. The van der Waals surface area contributed by atoms with Gasteiger partial charge < -0.3 is 14.4 Å². The molecule has 0 aromatic carbocycles. The van der Waals surface area contributed by atoms with E-state index in [1.807, 2.05) is 13.8 Å².